The van der Waals surface area contributed by atoms with Crippen LogP contribution in [0.4, 0.5) is 4.79 Å². The fourth-order valence-electron chi connectivity index (χ4n) is 1.84. The number of rotatable bonds is 2. The fraction of sp³-hybridized carbons (Fsp3) is 0.250. The molecule has 0 aliphatic heterocycles. The Morgan fingerprint density at radius 3 is 2.81 bits per heavy atom. The molecule has 0 saturated heterocycles. The lowest BCUT2D eigenvalue weighted by atomic mass is 10.1. The van der Waals surface area contributed by atoms with Crippen LogP contribution in [0.2, 0.25) is 0 Å². The molecule has 2 aromatic rings. The molecule has 1 aromatic carbocycles. The van der Waals surface area contributed by atoms with Gasteiger partial charge in [-0.3, -0.25) is 4.79 Å². The van der Waals surface area contributed by atoms with E-state index in [4.69, 9.17) is 11.6 Å². The van der Waals surface area contributed by atoms with Gasteiger partial charge in [-0.2, -0.15) is 0 Å². The molecule has 0 atom stereocenters. The second kappa shape index (κ2) is 4.18. The molecule has 0 aliphatic carbocycles. The molecule has 2 rings (SSSR count). The van der Waals surface area contributed by atoms with Crippen molar-refractivity contribution in [2.75, 3.05) is 7.05 Å². The number of aromatic nitrogens is 1. The largest absolute Gasteiger partial charge is 0.358 e. The number of fused-ring (bicyclic) bond motifs is 1. The Bertz CT molecular complexity index is 533. The number of amides is 1. The van der Waals surface area contributed by atoms with E-state index < -0.39 is 5.37 Å². The van der Waals surface area contributed by atoms with Crippen LogP contribution in [0.3, 0.4) is 0 Å². The molecule has 16 heavy (non-hydrogen) atoms. The van der Waals surface area contributed by atoms with E-state index in [9.17, 15) is 4.79 Å². The van der Waals surface area contributed by atoms with Gasteiger partial charge in [-0.25, -0.2) is 0 Å². The van der Waals surface area contributed by atoms with Crippen molar-refractivity contribution in [3.63, 3.8) is 0 Å². The highest BCUT2D eigenvalue weighted by Crippen LogP contribution is 2.23. The third-order valence-electron chi connectivity index (χ3n) is 2.72. The first kappa shape index (κ1) is 11.0. The monoisotopic (exact) mass is 236 g/mol. The number of hydrogen-bond donors (Lipinski definition) is 1. The van der Waals surface area contributed by atoms with E-state index in [1.165, 1.54) is 4.90 Å². The van der Waals surface area contributed by atoms with Crippen molar-refractivity contribution in [2.24, 2.45) is 0 Å². The predicted octanol–water partition coefficient (Wildman–Crippen LogP) is 3.27. The first-order valence-electron chi connectivity index (χ1n) is 5.06. The van der Waals surface area contributed by atoms with Gasteiger partial charge in [0.25, 0.3) is 0 Å². The molecule has 1 N–H and O–H groups in total. The van der Waals surface area contributed by atoms with Crippen molar-refractivity contribution in [1.29, 1.82) is 0 Å². The Balaban J connectivity index is 2.43. The Morgan fingerprint density at radius 1 is 1.44 bits per heavy atom. The van der Waals surface area contributed by atoms with Gasteiger partial charge in [-0.1, -0.05) is 18.2 Å². The summed E-state index contributed by atoms with van der Waals surface area (Å²) in [6, 6.07) is 8.04. The van der Waals surface area contributed by atoms with Gasteiger partial charge in [0.2, 0.25) is 0 Å². The van der Waals surface area contributed by atoms with E-state index in [2.05, 4.69) is 4.98 Å². The minimum absolute atomic E-state index is 0.440. The number of aromatic amines is 1. The lowest BCUT2D eigenvalue weighted by molar-refractivity contribution is 0.230. The number of nitrogens with one attached hydrogen (secondary N) is 1. The summed E-state index contributed by atoms with van der Waals surface area (Å²) in [5.74, 6) is 0. The minimum atomic E-state index is -0.440. The maximum atomic E-state index is 11.0. The zero-order chi connectivity index (χ0) is 11.7. The Labute approximate surface area is 99.0 Å². The van der Waals surface area contributed by atoms with Crippen molar-refractivity contribution in [3.8, 4) is 0 Å². The van der Waals surface area contributed by atoms with Gasteiger partial charge in [0, 0.05) is 30.2 Å². The van der Waals surface area contributed by atoms with Gasteiger partial charge >= 0.3 is 5.37 Å². The van der Waals surface area contributed by atoms with Crippen LogP contribution in [0.15, 0.2) is 24.3 Å². The summed E-state index contributed by atoms with van der Waals surface area (Å²) < 4.78 is 0. The van der Waals surface area contributed by atoms with Crippen LogP contribution in [-0.2, 0) is 6.54 Å². The number of H-pyrrole nitrogens is 1. The summed E-state index contributed by atoms with van der Waals surface area (Å²) >= 11 is 5.43. The van der Waals surface area contributed by atoms with Crippen LogP contribution in [0.25, 0.3) is 10.9 Å². The Morgan fingerprint density at radius 2 is 2.12 bits per heavy atom. The third-order valence-corrected chi connectivity index (χ3v) is 3.01. The van der Waals surface area contributed by atoms with Gasteiger partial charge in [-0.15, -0.1) is 0 Å². The van der Waals surface area contributed by atoms with E-state index in [0.29, 0.717) is 6.54 Å². The second-order valence-corrected chi connectivity index (χ2v) is 4.21. The van der Waals surface area contributed by atoms with Crippen LogP contribution in [0.1, 0.15) is 11.3 Å². The van der Waals surface area contributed by atoms with Crippen molar-refractivity contribution < 1.29 is 4.79 Å². The summed E-state index contributed by atoms with van der Waals surface area (Å²) in [6.07, 6.45) is 0. The number of nitrogens with zero attached hydrogens (tertiary/aromatic N) is 1. The van der Waals surface area contributed by atoms with E-state index in [1.54, 1.807) is 7.05 Å². The maximum absolute atomic E-state index is 11.0. The number of hydrogen-bond acceptors (Lipinski definition) is 1. The van der Waals surface area contributed by atoms with Crippen molar-refractivity contribution in [2.45, 2.75) is 13.5 Å². The number of aryl methyl sites for hydroxylation is 1. The molecular formula is C12H13ClN2O. The smallest absolute Gasteiger partial charge is 0.316 e. The molecule has 1 amide bonds. The average molecular weight is 237 g/mol. The van der Waals surface area contributed by atoms with Crippen LogP contribution < -0.4 is 0 Å². The number of para-hydroxylation sites is 1. The fourth-order valence-corrected chi connectivity index (χ4v) is 1.90. The lowest BCUT2D eigenvalue weighted by Gasteiger charge is -2.13. The zero-order valence-corrected chi connectivity index (χ0v) is 10.0. The molecule has 1 aromatic heterocycles. The molecule has 0 aliphatic rings. The molecule has 0 radical (unpaired) electrons. The van der Waals surface area contributed by atoms with E-state index in [0.717, 1.165) is 22.2 Å². The quantitative estimate of drug-likeness (QED) is 0.631. The normalized spacial score (nSPS) is 10.7. The number of halogens is 1. The molecule has 1 heterocycles. The molecular weight excluding hydrogens is 224 g/mol. The third kappa shape index (κ3) is 1.91. The van der Waals surface area contributed by atoms with Gasteiger partial charge < -0.3 is 9.88 Å². The van der Waals surface area contributed by atoms with Crippen LogP contribution >= 0.6 is 11.6 Å². The van der Waals surface area contributed by atoms with E-state index >= 15 is 0 Å². The standard InChI is InChI=1S/C12H13ClN2O/c1-8-10(7-15(2)12(13)16)9-5-3-4-6-11(9)14-8/h3-6,14H,7H2,1-2H3. The molecule has 0 spiro atoms. The first-order valence-corrected chi connectivity index (χ1v) is 5.44. The lowest BCUT2D eigenvalue weighted by Crippen LogP contribution is -2.20. The summed E-state index contributed by atoms with van der Waals surface area (Å²) in [5, 5.41) is 0.703. The van der Waals surface area contributed by atoms with Crippen LogP contribution in [-0.4, -0.2) is 22.3 Å². The highest BCUT2D eigenvalue weighted by atomic mass is 35.5. The van der Waals surface area contributed by atoms with Gasteiger partial charge in [0.15, 0.2) is 0 Å². The SMILES string of the molecule is Cc1[nH]c2ccccc2c1CN(C)C(=O)Cl. The topological polar surface area (TPSA) is 36.1 Å². The predicted molar refractivity (Wildman–Crippen MR) is 65.8 cm³/mol. The number of carbonyl (C=O) groups excluding carboxylic acids is 1. The number of benzene rings is 1. The van der Waals surface area contributed by atoms with Gasteiger partial charge in [0.05, 0.1) is 0 Å². The van der Waals surface area contributed by atoms with Crippen LogP contribution in [0.5, 0.6) is 0 Å². The maximum Gasteiger partial charge on any atom is 0.316 e. The minimum Gasteiger partial charge on any atom is -0.358 e. The highest BCUT2D eigenvalue weighted by molar-refractivity contribution is 6.62. The average Bonchev–Trinajstić information content (AvgIpc) is 2.55. The summed E-state index contributed by atoms with van der Waals surface area (Å²) in [5.41, 5.74) is 3.28. The Kier molecular flexibility index (Phi) is 2.88. The number of carbonyl (C=O) groups is 1. The molecule has 0 saturated carbocycles. The van der Waals surface area contributed by atoms with Crippen LogP contribution in [0, 0.1) is 6.92 Å². The van der Waals surface area contributed by atoms with E-state index in [-0.39, 0.29) is 0 Å². The molecule has 3 nitrogen and oxygen atoms in total. The molecule has 0 bridgehead atoms. The molecule has 0 fully saturated rings. The van der Waals surface area contributed by atoms with Gasteiger partial charge in [-0.05, 0) is 30.2 Å². The summed E-state index contributed by atoms with van der Waals surface area (Å²) in [4.78, 5) is 15.8. The molecule has 4 heteroatoms. The zero-order valence-electron chi connectivity index (χ0n) is 9.25. The van der Waals surface area contributed by atoms with E-state index in [1.807, 2.05) is 31.2 Å². The summed E-state index contributed by atoms with van der Waals surface area (Å²) in [7, 11) is 1.69. The second-order valence-electron chi connectivity index (χ2n) is 3.88. The molecule has 0 unspecified atom stereocenters. The summed E-state index contributed by atoms with van der Waals surface area (Å²) in [6.45, 7) is 2.53. The van der Waals surface area contributed by atoms with Crippen molar-refractivity contribution >= 4 is 27.9 Å². The first-order chi connectivity index (χ1) is 7.59. The highest BCUT2D eigenvalue weighted by Gasteiger charge is 2.12. The van der Waals surface area contributed by atoms with Crippen molar-refractivity contribution in [3.05, 3.63) is 35.5 Å². The van der Waals surface area contributed by atoms with Crippen molar-refractivity contribution in [1.82, 2.24) is 9.88 Å². The molecule has 84 valence electrons. The Hall–Kier alpha value is -1.48. The van der Waals surface area contributed by atoms with Gasteiger partial charge in [0.1, 0.15) is 0 Å².